The van der Waals surface area contributed by atoms with Gasteiger partial charge < -0.3 is 30.1 Å². The summed E-state index contributed by atoms with van der Waals surface area (Å²) < 4.78 is 10.2. The maximum atomic E-state index is 9.42. The lowest BCUT2D eigenvalue weighted by Gasteiger charge is -2.13. The number of nitrogens with one attached hydrogen (secondary N) is 1. The quantitative estimate of drug-likeness (QED) is 0.322. The average Bonchev–Trinajstić information content (AvgIpc) is 2.28. The van der Waals surface area contributed by atoms with E-state index in [0.29, 0.717) is 26.4 Å². The largest absolute Gasteiger partial charge is 0.394 e. The summed E-state index contributed by atoms with van der Waals surface area (Å²) in [5.74, 6) is 0. The van der Waals surface area contributed by atoms with Crippen molar-refractivity contribution in [1.29, 1.82) is 0 Å². The molecule has 0 saturated carbocycles. The lowest BCUT2D eigenvalue weighted by atomic mass is 10.3. The van der Waals surface area contributed by atoms with Gasteiger partial charge in [0.25, 0.3) is 0 Å². The molecule has 6 nitrogen and oxygen atoms in total. The molecule has 0 fully saturated rings. The third-order valence-corrected chi connectivity index (χ3v) is 1.86. The molecule has 0 aliphatic carbocycles. The van der Waals surface area contributed by atoms with E-state index in [9.17, 15) is 5.11 Å². The lowest BCUT2D eigenvalue weighted by Crippen LogP contribution is -2.36. The molecule has 0 aromatic rings. The van der Waals surface area contributed by atoms with Crippen molar-refractivity contribution in [2.45, 2.75) is 19.1 Å². The van der Waals surface area contributed by atoms with Crippen LogP contribution >= 0.6 is 0 Å². The van der Waals surface area contributed by atoms with Crippen molar-refractivity contribution >= 4 is 0 Å². The highest BCUT2D eigenvalue weighted by atomic mass is 16.5. The molecular weight excluding hydrogens is 214 g/mol. The Bertz CT molecular complexity index is 147. The van der Waals surface area contributed by atoms with Gasteiger partial charge in [-0.25, -0.2) is 0 Å². The Kier molecular flexibility index (Phi) is 11.1. The molecule has 4 N–H and O–H groups in total. The summed E-state index contributed by atoms with van der Waals surface area (Å²) in [6, 6.07) is 0. The zero-order chi connectivity index (χ0) is 12.2. The Balaban J connectivity index is 3.21. The van der Waals surface area contributed by atoms with E-state index in [-0.39, 0.29) is 19.8 Å². The van der Waals surface area contributed by atoms with Crippen molar-refractivity contribution in [1.82, 2.24) is 5.32 Å². The van der Waals surface area contributed by atoms with Gasteiger partial charge in [0.1, 0.15) is 0 Å². The fourth-order valence-corrected chi connectivity index (χ4v) is 1.02. The van der Waals surface area contributed by atoms with Crippen LogP contribution in [-0.4, -0.2) is 73.7 Å². The average molecular weight is 237 g/mol. The van der Waals surface area contributed by atoms with Crippen LogP contribution in [0.5, 0.6) is 0 Å². The maximum Gasteiger partial charge on any atom is 0.0897 e. The molecule has 16 heavy (non-hydrogen) atoms. The second-order valence-electron chi connectivity index (χ2n) is 3.42. The van der Waals surface area contributed by atoms with E-state index in [2.05, 4.69) is 5.32 Å². The van der Waals surface area contributed by atoms with E-state index in [1.54, 1.807) is 0 Å². The summed E-state index contributed by atoms with van der Waals surface area (Å²) in [4.78, 5) is 0. The first-order valence-corrected chi connectivity index (χ1v) is 5.53. The number of rotatable bonds is 11. The molecule has 0 saturated heterocycles. The van der Waals surface area contributed by atoms with Crippen molar-refractivity contribution in [3.05, 3.63) is 0 Å². The molecule has 0 spiro atoms. The van der Waals surface area contributed by atoms with E-state index in [0.717, 1.165) is 0 Å². The van der Waals surface area contributed by atoms with Crippen LogP contribution in [0.15, 0.2) is 0 Å². The predicted molar refractivity (Wildman–Crippen MR) is 59.3 cm³/mol. The van der Waals surface area contributed by atoms with Crippen molar-refractivity contribution in [2.24, 2.45) is 0 Å². The first-order chi connectivity index (χ1) is 7.70. The van der Waals surface area contributed by atoms with E-state index in [4.69, 9.17) is 19.7 Å². The predicted octanol–water partition coefficient (Wildman–Crippen LogP) is -1.66. The maximum absolute atomic E-state index is 9.42. The van der Waals surface area contributed by atoms with Gasteiger partial charge in [0, 0.05) is 19.7 Å². The van der Waals surface area contributed by atoms with Crippen LogP contribution < -0.4 is 5.32 Å². The van der Waals surface area contributed by atoms with Crippen LogP contribution in [0.4, 0.5) is 0 Å². The fourth-order valence-electron chi connectivity index (χ4n) is 1.02. The Morgan fingerprint density at radius 3 is 2.31 bits per heavy atom. The minimum Gasteiger partial charge on any atom is -0.394 e. The summed E-state index contributed by atoms with van der Waals surface area (Å²) >= 11 is 0. The number of hydrogen-bond donors (Lipinski definition) is 4. The van der Waals surface area contributed by atoms with Gasteiger partial charge in [-0.05, 0) is 6.92 Å². The molecule has 0 bridgehead atoms. The molecule has 2 unspecified atom stereocenters. The molecule has 0 heterocycles. The van der Waals surface area contributed by atoms with E-state index < -0.39 is 12.2 Å². The van der Waals surface area contributed by atoms with Crippen LogP contribution in [0.2, 0.25) is 0 Å². The topological polar surface area (TPSA) is 91.2 Å². The number of hydrogen-bond acceptors (Lipinski definition) is 6. The molecule has 0 aliphatic heterocycles. The fraction of sp³-hybridized carbons (Fsp3) is 1.00. The Labute approximate surface area is 96.2 Å². The lowest BCUT2D eigenvalue weighted by molar-refractivity contribution is 0.00507. The Morgan fingerprint density at radius 1 is 1.06 bits per heavy atom. The Morgan fingerprint density at radius 2 is 1.69 bits per heavy atom. The van der Waals surface area contributed by atoms with Crippen LogP contribution in [0.25, 0.3) is 0 Å². The summed E-state index contributed by atoms with van der Waals surface area (Å²) in [6.45, 7) is 4.09. The highest BCUT2D eigenvalue weighted by Gasteiger charge is 2.05. The third kappa shape index (κ3) is 10.3. The molecule has 0 radical (unpaired) electrons. The van der Waals surface area contributed by atoms with Crippen molar-refractivity contribution < 1.29 is 24.8 Å². The van der Waals surface area contributed by atoms with Crippen LogP contribution in [0.1, 0.15) is 6.92 Å². The van der Waals surface area contributed by atoms with E-state index in [1.165, 1.54) is 0 Å². The van der Waals surface area contributed by atoms with Crippen molar-refractivity contribution in [2.75, 3.05) is 46.1 Å². The SMILES string of the molecule is CCOCCOCC(O)CNCC(O)CO. The summed E-state index contributed by atoms with van der Waals surface area (Å²) in [6.07, 6.45) is -1.40. The van der Waals surface area contributed by atoms with Gasteiger partial charge in [0.05, 0.1) is 38.6 Å². The molecule has 6 heteroatoms. The highest BCUT2D eigenvalue weighted by Crippen LogP contribution is 1.86. The second kappa shape index (κ2) is 11.3. The third-order valence-electron chi connectivity index (χ3n) is 1.86. The standard InChI is InChI=1S/C10H23NO5/c1-2-15-3-4-16-8-10(14)6-11-5-9(13)7-12/h9-14H,2-8H2,1H3. The van der Waals surface area contributed by atoms with Gasteiger partial charge in [0.2, 0.25) is 0 Å². The molecule has 0 amide bonds. The first kappa shape index (κ1) is 15.8. The van der Waals surface area contributed by atoms with Crippen molar-refractivity contribution in [3.8, 4) is 0 Å². The normalized spacial score (nSPS) is 15.0. The van der Waals surface area contributed by atoms with Gasteiger partial charge in [-0.2, -0.15) is 0 Å². The zero-order valence-electron chi connectivity index (χ0n) is 9.76. The number of ether oxygens (including phenoxy) is 2. The molecule has 0 aliphatic rings. The zero-order valence-corrected chi connectivity index (χ0v) is 9.76. The summed E-state index contributed by atoms with van der Waals surface area (Å²) in [7, 11) is 0. The van der Waals surface area contributed by atoms with Gasteiger partial charge in [-0.3, -0.25) is 0 Å². The van der Waals surface area contributed by atoms with Gasteiger partial charge >= 0.3 is 0 Å². The summed E-state index contributed by atoms with van der Waals surface area (Å²) in [5.41, 5.74) is 0. The van der Waals surface area contributed by atoms with Crippen LogP contribution in [0, 0.1) is 0 Å². The van der Waals surface area contributed by atoms with Gasteiger partial charge in [-0.1, -0.05) is 0 Å². The molecule has 0 aromatic carbocycles. The van der Waals surface area contributed by atoms with Crippen molar-refractivity contribution in [3.63, 3.8) is 0 Å². The minimum absolute atomic E-state index is 0.231. The number of aliphatic hydroxyl groups excluding tert-OH is 3. The first-order valence-electron chi connectivity index (χ1n) is 5.53. The van der Waals surface area contributed by atoms with Gasteiger partial charge in [-0.15, -0.1) is 0 Å². The molecule has 0 aromatic heterocycles. The van der Waals surface area contributed by atoms with E-state index in [1.807, 2.05) is 6.92 Å². The minimum atomic E-state index is -0.786. The van der Waals surface area contributed by atoms with E-state index >= 15 is 0 Å². The monoisotopic (exact) mass is 237 g/mol. The van der Waals surface area contributed by atoms with Crippen LogP contribution in [-0.2, 0) is 9.47 Å². The summed E-state index contributed by atoms with van der Waals surface area (Å²) in [5, 5.41) is 29.8. The Hall–Kier alpha value is -0.240. The van der Waals surface area contributed by atoms with Crippen LogP contribution in [0.3, 0.4) is 0 Å². The molecule has 0 rings (SSSR count). The second-order valence-corrected chi connectivity index (χ2v) is 3.42. The number of aliphatic hydroxyl groups is 3. The van der Waals surface area contributed by atoms with Gasteiger partial charge in [0.15, 0.2) is 0 Å². The highest BCUT2D eigenvalue weighted by molar-refractivity contribution is 4.62. The smallest absolute Gasteiger partial charge is 0.0897 e. The molecule has 98 valence electrons. The molecular formula is C10H23NO5. The molecule has 2 atom stereocenters.